The Kier molecular flexibility index (Phi) is 6.68. The number of methoxy groups -OCH3 is 2. The molecule has 0 aliphatic carbocycles. The number of carbonyl (C=O) groups excluding carboxylic acids is 2. The number of hydrogen-bond acceptors (Lipinski definition) is 5. The molecule has 1 aliphatic rings. The van der Waals surface area contributed by atoms with Gasteiger partial charge in [-0.25, -0.2) is 4.79 Å². The molecule has 8 nitrogen and oxygen atoms in total. The molecule has 1 aromatic carbocycles. The summed E-state index contributed by atoms with van der Waals surface area (Å²) in [7, 11) is 3.09. The lowest BCUT2D eigenvalue weighted by molar-refractivity contribution is -0.117. The Balaban J connectivity index is 2.07. The van der Waals surface area contributed by atoms with E-state index in [9.17, 15) is 9.59 Å². The fraction of sp³-hybridized carbons (Fsp3) is 0.556. The van der Waals surface area contributed by atoms with E-state index in [1.807, 2.05) is 13.8 Å². The molecule has 0 saturated carbocycles. The van der Waals surface area contributed by atoms with Gasteiger partial charge in [0.1, 0.15) is 0 Å². The summed E-state index contributed by atoms with van der Waals surface area (Å²) in [5.41, 5.74) is 0.695. The number of benzene rings is 1. The Morgan fingerprint density at radius 3 is 2.62 bits per heavy atom. The van der Waals surface area contributed by atoms with Gasteiger partial charge in [-0.15, -0.1) is 0 Å². The van der Waals surface area contributed by atoms with Gasteiger partial charge in [0, 0.05) is 37.3 Å². The van der Waals surface area contributed by atoms with Gasteiger partial charge in [-0.2, -0.15) is 0 Å². The van der Waals surface area contributed by atoms with Crippen molar-refractivity contribution in [1.82, 2.24) is 10.2 Å². The average Bonchev–Trinajstić information content (AvgIpc) is 2.98. The number of rotatable bonds is 7. The van der Waals surface area contributed by atoms with Crippen molar-refractivity contribution in [2.75, 3.05) is 38.8 Å². The monoisotopic (exact) mass is 365 g/mol. The Morgan fingerprint density at radius 2 is 2.04 bits per heavy atom. The van der Waals surface area contributed by atoms with E-state index < -0.39 is 0 Å². The van der Waals surface area contributed by atoms with Crippen molar-refractivity contribution in [3.63, 3.8) is 0 Å². The highest BCUT2D eigenvalue weighted by Crippen LogP contribution is 2.33. The van der Waals surface area contributed by atoms with E-state index in [1.54, 1.807) is 35.1 Å². The molecule has 26 heavy (non-hydrogen) atoms. The summed E-state index contributed by atoms with van der Waals surface area (Å²) in [5.74, 6) is 1.06. The summed E-state index contributed by atoms with van der Waals surface area (Å²) in [6.45, 7) is 4.29. The molecule has 0 spiro atoms. The molecular weight excluding hydrogens is 338 g/mol. The number of urea groups is 1. The summed E-state index contributed by atoms with van der Waals surface area (Å²) in [5, 5.41) is 12.0. The SMILES string of the molecule is COc1ccc(N2C[C@@H](NC(=O)N(CCO)C(C)C)CC2=O)cc1OC. The van der Waals surface area contributed by atoms with E-state index >= 15 is 0 Å². The van der Waals surface area contributed by atoms with Crippen LogP contribution in [0.5, 0.6) is 11.5 Å². The fourth-order valence-corrected chi connectivity index (χ4v) is 3.01. The van der Waals surface area contributed by atoms with Crippen LogP contribution in [-0.4, -0.2) is 67.9 Å². The first kappa shape index (κ1) is 19.8. The zero-order valence-corrected chi connectivity index (χ0v) is 15.7. The summed E-state index contributed by atoms with van der Waals surface area (Å²) in [6, 6.07) is 4.67. The quantitative estimate of drug-likeness (QED) is 0.758. The Hall–Kier alpha value is -2.48. The number of amides is 3. The predicted molar refractivity (Wildman–Crippen MR) is 97.8 cm³/mol. The minimum atomic E-state index is -0.289. The molecule has 1 aromatic rings. The van der Waals surface area contributed by atoms with E-state index in [0.717, 1.165) is 0 Å². The van der Waals surface area contributed by atoms with Gasteiger partial charge in [0.25, 0.3) is 0 Å². The molecule has 1 fully saturated rings. The molecule has 0 radical (unpaired) electrons. The zero-order chi connectivity index (χ0) is 19.3. The lowest BCUT2D eigenvalue weighted by Crippen LogP contribution is -2.49. The molecule has 0 bridgehead atoms. The Labute approximate surface area is 153 Å². The number of hydrogen-bond donors (Lipinski definition) is 2. The largest absolute Gasteiger partial charge is 0.493 e. The Morgan fingerprint density at radius 1 is 1.35 bits per heavy atom. The molecular formula is C18H27N3O5. The smallest absolute Gasteiger partial charge is 0.318 e. The average molecular weight is 365 g/mol. The lowest BCUT2D eigenvalue weighted by atomic mass is 10.2. The molecule has 1 saturated heterocycles. The van der Waals surface area contributed by atoms with Gasteiger partial charge < -0.3 is 29.7 Å². The fourth-order valence-electron chi connectivity index (χ4n) is 3.01. The second-order valence-corrected chi connectivity index (χ2v) is 6.40. The number of aliphatic hydroxyl groups is 1. The van der Waals surface area contributed by atoms with Gasteiger partial charge >= 0.3 is 6.03 Å². The molecule has 0 aromatic heterocycles. The van der Waals surface area contributed by atoms with Crippen LogP contribution in [0.2, 0.25) is 0 Å². The molecule has 144 valence electrons. The molecule has 3 amide bonds. The maximum atomic E-state index is 12.4. The molecule has 1 heterocycles. The first-order valence-electron chi connectivity index (χ1n) is 8.61. The highest BCUT2D eigenvalue weighted by molar-refractivity contribution is 5.97. The predicted octanol–water partition coefficient (Wildman–Crippen LogP) is 1.22. The van der Waals surface area contributed by atoms with Gasteiger partial charge in [0.05, 0.1) is 26.9 Å². The zero-order valence-electron chi connectivity index (χ0n) is 15.7. The van der Waals surface area contributed by atoms with Crippen LogP contribution in [-0.2, 0) is 4.79 Å². The van der Waals surface area contributed by atoms with E-state index in [4.69, 9.17) is 14.6 Å². The van der Waals surface area contributed by atoms with Crippen molar-refractivity contribution in [1.29, 1.82) is 0 Å². The van der Waals surface area contributed by atoms with E-state index in [-0.39, 0.29) is 43.6 Å². The Bertz CT molecular complexity index is 650. The van der Waals surface area contributed by atoms with Crippen molar-refractivity contribution >= 4 is 17.6 Å². The van der Waals surface area contributed by atoms with Crippen molar-refractivity contribution in [2.24, 2.45) is 0 Å². The standard InChI is InChI=1S/C18H27N3O5/c1-12(2)20(7-8-22)18(24)19-13-9-17(23)21(11-13)14-5-6-15(25-3)16(10-14)26-4/h5-6,10,12-13,22H,7-9,11H2,1-4H3,(H,19,24)/t13-/m0/s1. The van der Waals surface area contributed by atoms with Gasteiger partial charge in [-0.05, 0) is 26.0 Å². The van der Waals surface area contributed by atoms with Crippen LogP contribution in [0.3, 0.4) is 0 Å². The number of ether oxygens (including phenoxy) is 2. The maximum Gasteiger partial charge on any atom is 0.318 e. The third-order valence-electron chi connectivity index (χ3n) is 4.36. The first-order valence-corrected chi connectivity index (χ1v) is 8.61. The third kappa shape index (κ3) is 4.37. The summed E-state index contributed by atoms with van der Waals surface area (Å²) in [4.78, 5) is 28.0. The van der Waals surface area contributed by atoms with Gasteiger partial charge in [-0.3, -0.25) is 4.79 Å². The van der Waals surface area contributed by atoms with Crippen LogP contribution >= 0.6 is 0 Å². The van der Waals surface area contributed by atoms with E-state index in [2.05, 4.69) is 5.32 Å². The first-order chi connectivity index (χ1) is 12.4. The van der Waals surface area contributed by atoms with Crippen LogP contribution in [0.1, 0.15) is 20.3 Å². The third-order valence-corrected chi connectivity index (χ3v) is 4.36. The maximum absolute atomic E-state index is 12.4. The van der Waals surface area contributed by atoms with Crippen molar-refractivity contribution in [3.05, 3.63) is 18.2 Å². The molecule has 1 atom stereocenters. The van der Waals surface area contributed by atoms with E-state index in [0.29, 0.717) is 23.7 Å². The molecule has 0 unspecified atom stereocenters. The van der Waals surface area contributed by atoms with Crippen molar-refractivity contribution < 1.29 is 24.2 Å². The van der Waals surface area contributed by atoms with Crippen molar-refractivity contribution in [3.8, 4) is 11.5 Å². The topological polar surface area (TPSA) is 91.3 Å². The van der Waals surface area contributed by atoms with Crippen LogP contribution < -0.4 is 19.7 Å². The molecule has 2 rings (SSSR count). The highest BCUT2D eigenvalue weighted by atomic mass is 16.5. The van der Waals surface area contributed by atoms with Crippen LogP contribution in [0.15, 0.2) is 18.2 Å². The minimum Gasteiger partial charge on any atom is -0.493 e. The normalized spacial score (nSPS) is 16.8. The van der Waals surface area contributed by atoms with Gasteiger partial charge in [-0.1, -0.05) is 0 Å². The molecule has 1 aliphatic heterocycles. The van der Waals surface area contributed by atoms with E-state index in [1.165, 1.54) is 7.11 Å². The van der Waals surface area contributed by atoms with Crippen LogP contribution in [0.25, 0.3) is 0 Å². The second-order valence-electron chi connectivity index (χ2n) is 6.40. The van der Waals surface area contributed by atoms with Gasteiger partial charge in [0.15, 0.2) is 11.5 Å². The van der Waals surface area contributed by atoms with Gasteiger partial charge in [0.2, 0.25) is 5.91 Å². The van der Waals surface area contributed by atoms with Crippen LogP contribution in [0.4, 0.5) is 10.5 Å². The number of anilines is 1. The summed E-state index contributed by atoms with van der Waals surface area (Å²) in [6.07, 6.45) is 0.227. The summed E-state index contributed by atoms with van der Waals surface area (Å²) >= 11 is 0. The second kappa shape index (κ2) is 8.75. The molecule has 8 heteroatoms. The van der Waals surface area contributed by atoms with Crippen molar-refractivity contribution in [2.45, 2.75) is 32.4 Å². The minimum absolute atomic E-state index is 0.0405. The summed E-state index contributed by atoms with van der Waals surface area (Å²) < 4.78 is 10.5. The number of carbonyl (C=O) groups is 2. The number of aliphatic hydroxyl groups excluding tert-OH is 1. The number of nitrogens with one attached hydrogen (secondary N) is 1. The lowest BCUT2D eigenvalue weighted by Gasteiger charge is -2.27. The number of nitrogens with zero attached hydrogens (tertiary/aromatic N) is 2. The van der Waals surface area contributed by atoms with Crippen LogP contribution in [0, 0.1) is 0 Å². The highest BCUT2D eigenvalue weighted by Gasteiger charge is 2.33. The molecule has 2 N–H and O–H groups in total.